The molecule has 0 unspecified atom stereocenters. The van der Waals surface area contributed by atoms with Gasteiger partial charge in [-0.05, 0) is 36.5 Å². The minimum Gasteiger partial charge on any atom is -0.256 e. The third-order valence-electron chi connectivity index (χ3n) is 2.69. The predicted octanol–water partition coefficient (Wildman–Crippen LogP) is 4.12. The van der Waals surface area contributed by atoms with Crippen molar-refractivity contribution in [2.75, 3.05) is 11.5 Å². The van der Waals surface area contributed by atoms with Crippen LogP contribution in [0.1, 0.15) is 37.1 Å². The summed E-state index contributed by atoms with van der Waals surface area (Å²) in [6.45, 7) is 0. The SMILES string of the molecule is c1cc2nc(c1)CSCCCCCCSC2. The van der Waals surface area contributed by atoms with Crippen LogP contribution in [0.5, 0.6) is 0 Å². The standard InChI is InChI=1S/C13H19NS2/c1-2-4-9-16-11-13-7-5-6-12(14-13)10-15-8-3-1/h5-7H,1-4,8-11H2. The Balaban J connectivity index is 1.95. The number of fused-ring (bicyclic) bond motifs is 2. The highest BCUT2D eigenvalue weighted by Crippen LogP contribution is 2.18. The molecular weight excluding hydrogens is 234 g/mol. The molecular formula is C13H19NS2. The monoisotopic (exact) mass is 253 g/mol. The van der Waals surface area contributed by atoms with Crippen LogP contribution >= 0.6 is 23.5 Å². The van der Waals surface area contributed by atoms with Gasteiger partial charge in [-0.2, -0.15) is 23.5 Å². The first-order valence-corrected chi connectivity index (χ1v) is 8.36. The Kier molecular flexibility index (Phi) is 5.56. The summed E-state index contributed by atoms with van der Waals surface area (Å²) in [6.07, 6.45) is 5.54. The fourth-order valence-electron chi connectivity index (χ4n) is 1.81. The van der Waals surface area contributed by atoms with Crippen LogP contribution in [0.3, 0.4) is 0 Å². The summed E-state index contributed by atoms with van der Waals surface area (Å²) in [7, 11) is 0. The molecule has 88 valence electrons. The fraction of sp³-hybridized carbons (Fsp3) is 0.615. The maximum absolute atomic E-state index is 4.70. The second-order valence-corrected chi connectivity index (χ2v) is 6.35. The number of thioether (sulfide) groups is 2. The topological polar surface area (TPSA) is 12.9 Å². The molecule has 0 amide bonds. The summed E-state index contributed by atoms with van der Waals surface area (Å²) in [5, 5.41) is 0. The smallest absolute Gasteiger partial charge is 0.0506 e. The first kappa shape index (κ1) is 12.3. The van der Waals surface area contributed by atoms with Crippen LogP contribution in [0, 0.1) is 0 Å². The van der Waals surface area contributed by atoms with Crippen molar-refractivity contribution in [3.63, 3.8) is 0 Å². The summed E-state index contributed by atoms with van der Waals surface area (Å²) < 4.78 is 0. The van der Waals surface area contributed by atoms with Crippen molar-refractivity contribution < 1.29 is 0 Å². The Bertz CT molecular complexity index is 287. The maximum Gasteiger partial charge on any atom is 0.0506 e. The van der Waals surface area contributed by atoms with Gasteiger partial charge >= 0.3 is 0 Å². The molecule has 0 spiro atoms. The molecule has 3 heteroatoms. The van der Waals surface area contributed by atoms with Crippen molar-refractivity contribution in [3.8, 4) is 0 Å². The predicted molar refractivity (Wildman–Crippen MR) is 75.0 cm³/mol. The third-order valence-corrected chi connectivity index (χ3v) is 4.85. The first-order chi connectivity index (χ1) is 7.95. The molecule has 0 saturated carbocycles. The Morgan fingerprint density at radius 1 is 0.812 bits per heavy atom. The molecule has 1 aromatic rings. The molecule has 1 nitrogen and oxygen atoms in total. The van der Waals surface area contributed by atoms with Crippen molar-refractivity contribution in [2.24, 2.45) is 0 Å². The quantitative estimate of drug-likeness (QED) is 0.690. The van der Waals surface area contributed by atoms with Gasteiger partial charge in [0.15, 0.2) is 0 Å². The van der Waals surface area contributed by atoms with E-state index < -0.39 is 0 Å². The molecule has 0 fully saturated rings. The fourth-order valence-corrected chi connectivity index (χ4v) is 3.65. The molecule has 16 heavy (non-hydrogen) atoms. The molecule has 1 aromatic heterocycles. The number of aromatic nitrogens is 1. The minimum absolute atomic E-state index is 1.08. The van der Waals surface area contributed by atoms with Crippen molar-refractivity contribution in [1.29, 1.82) is 0 Å². The molecule has 0 radical (unpaired) electrons. The van der Waals surface area contributed by atoms with E-state index in [9.17, 15) is 0 Å². The van der Waals surface area contributed by atoms with Gasteiger partial charge in [-0.1, -0.05) is 18.9 Å². The second-order valence-electron chi connectivity index (χ2n) is 4.14. The number of nitrogens with zero attached hydrogens (tertiary/aromatic N) is 1. The molecule has 1 aliphatic rings. The van der Waals surface area contributed by atoms with Crippen LogP contribution in [0.2, 0.25) is 0 Å². The van der Waals surface area contributed by atoms with Gasteiger partial charge in [0.05, 0.1) is 11.4 Å². The highest BCUT2D eigenvalue weighted by Gasteiger charge is 2.01. The number of hydrogen-bond donors (Lipinski definition) is 0. The third kappa shape index (κ3) is 4.38. The van der Waals surface area contributed by atoms with Crippen LogP contribution in [-0.4, -0.2) is 16.5 Å². The molecule has 2 rings (SSSR count). The van der Waals surface area contributed by atoms with E-state index in [-0.39, 0.29) is 0 Å². The zero-order valence-electron chi connectivity index (χ0n) is 9.65. The average Bonchev–Trinajstić information content (AvgIpc) is 2.32. The molecule has 0 saturated heterocycles. The molecule has 0 aliphatic carbocycles. The normalized spacial score (nSPS) is 19.2. The number of hydrogen-bond acceptors (Lipinski definition) is 3. The van der Waals surface area contributed by atoms with Crippen molar-refractivity contribution >= 4 is 23.5 Å². The van der Waals surface area contributed by atoms with Crippen LogP contribution in [0.25, 0.3) is 0 Å². The van der Waals surface area contributed by atoms with E-state index in [4.69, 9.17) is 4.98 Å². The zero-order valence-corrected chi connectivity index (χ0v) is 11.3. The molecule has 1 aliphatic heterocycles. The summed E-state index contributed by atoms with van der Waals surface area (Å²) >= 11 is 4.05. The lowest BCUT2D eigenvalue weighted by atomic mass is 10.2. The van der Waals surface area contributed by atoms with Crippen molar-refractivity contribution in [3.05, 3.63) is 29.6 Å². The van der Waals surface area contributed by atoms with Gasteiger partial charge in [-0.15, -0.1) is 0 Å². The van der Waals surface area contributed by atoms with Gasteiger partial charge < -0.3 is 0 Å². The van der Waals surface area contributed by atoms with E-state index in [1.807, 2.05) is 23.5 Å². The zero-order chi connectivity index (χ0) is 11.1. The van der Waals surface area contributed by atoms with E-state index in [0.29, 0.717) is 0 Å². The van der Waals surface area contributed by atoms with Crippen molar-refractivity contribution in [2.45, 2.75) is 37.2 Å². The number of rotatable bonds is 0. The summed E-state index contributed by atoms with van der Waals surface area (Å²) in [5.41, 5.74) is 2.50. The van der Waals surface area contributed by atoms with Crippen LogP contribution < -0.4 is 0 Å². The summed E-state index contributed by atoms with van der Waals surface area (Å²) in [4.78, 5) is 4.70. The van der Waals surface area contributed by atoms with Crippen molar-refractivity contribution in [1.82, 2.24) is 4.98 Å². The van der Waals surface area contributed by atoms with Crippen LogP contribution in [-0.2, 0) is 11.5 Å². The number of pyridine rings is 1. The largest absolute Gasteiger partial charge is 0.256 e. The summed E-state index contributed by atoms with van der Waals surface area (Å²) in [5.74, 6) is 4.75. The van der Waals surface area contributed by atoms with E-state index in [0.717, 1.165) is 11.5 Å². The van der Waals surface area contributed by atoms with Crippen LogP contribution in [0.4, 0.5) is 0 Å². The Hall–Kier alpha value is -0.150. The van der Waals surface area contributed by atoms with Gasteiger partial charge in [0.2, 0.25) is 0 Å². The first-order valence-electron chi connectivity index (χ1n) is 6.05. The highest BCUT2D eigenvalue weighted by molar-refractivity contribution is 7.98. The highest BCUT2D eigenvalue weighted by atomic mass is 32.2. The van der Waals surface area contributed by atoms with E-state index in [2.05, 4.69) is 18.2 Å². The lowest BCUT2D eigenvalue weighted by Gasteiger charge is -2.03. The average molecular weight is 253 g/mol. The van der Waals surface area contributed by atoms with Gasteiger partial charge in [0, 0.05) is 11.5 Å². The lowest BCUT2D eigenvalue weighted by molar-refractivity contribution is 0.711. The summed E-state index contributed by atoms with van der Waals surface area (Å²) in [6, 6.07) is 6.46. The lowest BCUT2D eigenvalue weighted by Crippen LogP contribution is -1.93. The minimum atomic E-state index is 1.08. The molecule has 0 N–H and O–H groups in total. The second kappa shape index (κ2) is 7.23. The van der Waals surface area contributed by atoms with E-state index in [1.165, 1.54) is 48.6 Å². The Labute approximate surface area is 107 Å². The van der Waals surface area contributed by atoms with Crippen LogP contribution in [0.15, 0.2) is 18.2 Å². The molecule has 2 bridgehead atoms. The Morgan fingerprint density at radius 2 is 1.38 bits per heavy atom. The maximum atomic E-state index is 4.70. The van der Waals surface area contributed by atoms with E-state index >= 15 is 0 Å². The Morgan fingerprint density at radius 3 is 1.94 bits per heavy atom. The molecule has 2 heterocycles. The van der Waals surface area contributed by atoms with Gasteiger partial charge in [-0.25, -0.2) is 0 Å². The van der Waals surface area contributed by atoms with Gasteiger partial charge in [0.25, 0.3) is 0 Å². The van der Waals surface area contributed by atoms with E-state index in [1.54, 1.807) is 0 Å². The van der Waals surface area contributed by atoms with Gasteiger partial charge in [0.1, 0.15) is 0 Å². The molecule has 0 atom stereocenters. The molecule has 0 aromatic carbocycles. The van der Waals surface area contributed by atoms with Gasteiger partial charge in [-0.3, -0.25) is 4.98 Å².